The molecule has 7 nitrogen and oxygen atoms in total. The standard InChI is InChI=1S/C15H20N2O5/c1-4-21-12-8-6-5-7-11(12)14(19)22-9-13(18)17-15(20)16-10(2)3/h5-8,10H,4,9H2,1-3H3,(H2,16,17,18,20). The molecule has 0 radical (unpaired) electrons. The van der Waals surface area contributed by atoms with Crippen molar-refractivity contribution < 1.29 is 23.9 Å². The van der Waals surface area contributed by atoms with Gasteiger partial charge in [-0.1, -0.05) is 12.1 Å². The molecule has 1 rings (SSSR count). The van der Waals surface area contributed by atoms with Crippen LogP contribution in [0.5, 0.6) is 5.75 Å². The van der Waals surface area contributed by atoms with Crippen LogP contribution < -0.4 is 15.4 Å². The predicted octanol–water partition coefficient (Wildman–Crippen LogP) is 1.48. The van der Waals surface area contributed by atoms with Crippen LogP contribution in [0.15, 0.2) is 24.3 Å². The summed E-state index contributed by atoms with van der Waals surface area (Å²) < 4.78 is 10.2. The number of benzene rings is 1. The number of urea groups is 1. The first-order valence-corrected chi connectivity index (χ1v) is 6.93. The first-order chi connectivity index (χ1) is 10.4. The van der Waals surface area contributed by atoms with E-state index in [4.69, 9.17) is 9.47 Å². The zero-order valence-corrected chi connectivity index (χ0v) is 12.8. The van der Waals surface area contributed by atoms with Crippen LogP contribution in [0.25, 0.3) is 0 Å². The van der Waals surface area contributed by atoms with Gasteiger partial charge < -0.3 is 14.8 Å². The second-order valence-corrected chi connectivity index (χ2v) is 4.68. The van der Waals surface area contributed by atoms with Crippen LogP contribution in [-0.2, 0) is 9.53 Å². The van der Waals surface area contributed by atoms with Crippen LogP contribution in [-0.4, -0.2) is 37.2 Å². The summed E-state index contributed by atoms with van der Waals surface area (Å²) in [4.78, 5) is 34.7. The fourth-order valence-corrected chi connectivity index (χ4v) is 1.59. The van der Waals surface area contributed by atoms with Crippen molar-refractivity contribution in [1.82, 2.24) is 10.6 Å². The molecule has 0 aliphatic rings. The summed E-state index contributed by atoms with van der Waals surface area (Å²) in [7, 11) is 0. The lowest BCUT2D eigenvalue weighted by Crippen LogP contribution is -2.44. The maximum Gasteiger partial charge on any atom is 0.342 e. The number of carbonyl (C=O) groups excluding carboxylic acids is 3. The third kappa shape index (κ3) is 5.82. The molecule has 0 atom stereocenters. The topological polar surface area (TPSA) is 93.7 Å². The molecule has 0 aliphatic carbocycles. The molecular weight excluding hydrogens is 288 g/mol. The molecule has 120 valence electrons. The van der Waals surface area contributed by atoms with Gasteiger partial charge in [0.05, 0.1) is 6.61 Å². The van der Waals surface area contributed by atoms with E-state index in [0.29, 0.717) is 12.4 Å². The summed E-state index contributed by atoms with van der Waals surface area (Å²) in [6, 6.07) is 5.83. The minimum absolute atomic E-state index is 0.103. The Morgan fingerprint density at radius 2 is 1.86 bits per heavy atom. The molecule has 0 aliphatic heterocycles. The fraction of sp³-hybridized carbons (Fsp3) is 0.400. The minimum Gasteiger partial charge on any atom is -0.493 e. The highest BCUT2D eigenvalue weighted by atomic mass is 16.5. The summed E-state index contributed by atoms with van der Waals surface area (Å²) in [5.74, 6) is -1.02. The van der Waals surface area contributed by atoms with Crippen LogP contribution in [0, 0.1) is 0 Å². The van der Waals surface area contributed by atoms with Gasteiger partial charge in [-0.3, -0.25) is 10.1 Å². The third-order valence-corrected chi connectivity index (χ3v) is 2.41. The van der Waals surface area contributed by atoms with Gasteiger partial charge in [0, 0.05) is 6.04 Å². The van der Waals surface area contributed by atoms with Crippen LogP contribution in [0.1, 0.15) is 31.1 Å². The summed E-state index contributed by atoms with van der Waals surface area (Å²) in [5.41, 5.74) is 0.226. The van der Waals surface area contributed by atoms with Gasteiger partial charge in [0.2, 0.25) is 0 Å². The van der Waals surface area contributed by atoms with Crippen molar-refractivity contribution >= 4 is 17.9 Å². The highest BCUT2D eigenvalue weighted by Gasteiger charge is 2.16. The Labute approximate surface area is 129 Å². The van der Waals surface area contributed by atoms with Gasteiger partial charge in [0.1, 0.15) is 11.3 Å². The van der Waals surface area contributed by atoms with Crippen LogP contribution in [0.2, 0.25) is 0 Å². The largest absolute Gasteiger partial charge is 0.493 e. The number of imide groups is 1. The molecule has 22 heavy (non-hydrogen) atoms. The highest BCUT2D eigenvalue weighted by molar-refractivity contribution is 5.97. The molecule has 0 unspecified atom stereocenters. The maximum absolute atomic E-state index is 11.9. The Balaban J connectivity index is 2.52. The zero-order chi connectivity index (χ0) is 16.5. The van der Waals surface area contributed by atoms with Gasteiger partial charge in [-0.15, -0.1) is 0 Å². The summed E-state index contributed by atoms with van der Waals surface area (Å²) in [6.07, 6.45) is 0. The van der Waals surface area contributed by atoms with Crippen molar-refractivity contribution in [1.29, 1.82) is 0 Å². The van der Waals surface area contributed by atoms with Crippen LogP contribution in [0.4, 0.5) is 4.79 Å². The van der Waals surface area contributed by atoms with Crippen LogP contribution >= 0.6 is 0 Å². The first-order valence-electron chi connectivity index (χ1n) is 6.93. The number of hydrogen-bond donors (Lipinski definition) is 2. The fourth-order valence-electron chi connectivity index (χ4n) is 1.59. The van der Waals surface area contributed by atoms with Gasteiger partial charge in [-0.25, -0.2) is 9.59 Å². The molecule has 2 N–H and O–H groups in total. The lowest BCUT2D eigenvalue weighted by molar-refractivity contribution is -0.123. The minimum atomic E-state index is -0.708. The SMILES string of the molecule is CCOc1ccccc1C(=O)OCC(=O)NC(=O)NC(C)C. The lowest BCUT2D eigenvalue weighted by Gasteiger charge is -2.11. The second-order valence-electron chi connectivity index (χ2n) is 4.68. The number of rotatable bonds is 6. The molecule has 0 saturated carbocycles. The van der Waals surface area contributed by atoms with Gasteiger partial charge in [0.25, 0.3) is 5.91 Å². The van der Waals surface area contributed by atoms with Gasteiger partial charge >= 0.3 is 12.0 Å². The van der Waals surface area contributed by atoms with Crippen molar-refractivity contribution in [2.75, 3.05) is 13.2 Å². The van der Waals surface area contributed by atoms with Crippen molar-refractivity contribution in [3.05, 3.63) is 29.8 Å². The molecule has 0 bridgehead atoms. The van der Waals surface area contributed by atoms with Crippen molar-refractivity contribution in [3.8, 4) is 5.75 Å². The monoisotopic (exact) mass is 308 g/mol. The normalized spacial score (nSPS) is 10.0. The highest BCUT2D eigenvalue weighted by Crippen LogP contribution is 2.18. The molecule has 1 aromatic rings. The molecule has 0 heterocycles. The number of carbonyl (C=O) groups is 3. The Bertz CT molecular complexity index is 542. The van der Waals surface area contributed by atoms with Crippen molar-refractivity contribution in [2.24, 2.45) is 0 Å². The first kappa shape index (κ1) is 17.5. The van der Waals surface area contributed by atoms with E-state index in [2.05, 4.69) is 10.6 Å². The predicted molar refractivity (Wildman–Crippen MR) is 79.7 cm³/mol. The van der Waals surface area contributed by atoms with E-state index in [1.165, 1.54) is 6.07 Å². The van der Waals surface area contributed by atoms with E-state index in [1.807, 2.05) is 0 Å². The third-order valence-electron chi connectivity index (χ3n) is 2.41. The average Bonchev–Trinajstić information content (AvgIpc) is 2.44. The van der Waals surface area contributed by atoms with E-state index in [0.717, 1.165) is 0 Å². The average molecular weight is 308 g/mol. The summed E-state index contributed by atoms with van der Waals surface area (Å²) >= 11 is 0. The maximum atomic E-state index is 11.9. The number of nitrogens with one attached hydrogen (secondary N) is 2. The molecule has 7 heteroatoms. The Kier molecular flexibility index (Phi) is 6.88. The number of para-hydroxylation sites is 1. The molecule has 3 amide bonds. The molecular formula is C15H20N2O5. The molecule has 0 aromatic heterocycles. The van der Waals surface area contributed by atoms with E-state index in [9.17, 15) is 14.4 Å². The summed E-state index contributed by atoms with van der Waals surface area (Å²) in [5, 5.41) is 4.55. The van der Waals surface area contributed by atoms with E-state index < -0.39 is 24.5 Å². The zero-order valence-electron chi connectivity index (χ0n) is 12.8. The molecule has 0 saturated heterocycles. The number of ether oxygens (including phenoxy) is 2. The van der Waals surface area contributed by atoms with Crippen molar-refractivity contribution in [3.63, 3.8) is 0 Å². The number of esters is 1. The Morgan fingerprint density at radius 3 is 2.50 bits per heavy atom. The second kappa shape index (κ2) is 8.66. The molecule has 0 fully saturated rings. The number of hydrogen-bond acceptors (Lipinski definition) is 5. The van der Waals surface area contributed by atoms with Gasteiger partial charge in [0.15, 0.2) is 6.61 Å². The van der Waals surface area contributed by atoms with Crippen LogP contribution in [0.3, 0.4) is 0 Å². The smallest absolute Gasteiger partial charge is 0.342 e. The Hall–Kier alpha value is -2.57. The Morgan fingerprint density at radius 1 is 1.18 bits per heavy atom. The number of amides is 3. The molecule has 0 spiro atoms. The molecule has 1 aromatic carbocycles. The van der Waals surface area contributed by atoms with E-state index >= 15 is 0 Å². The summed E-state index contributed by atoms with van der Waals surface area (Å²) in [6.45, 7) is 5.16. The quantitative estimate of drug-likeness (QED) is 0.776. The van der Waals surface area contributed by atoms with Gasteiger partial charge in [-0.05, 0) is 32.9 Å². The van der Waals surface area contributed by atoms with E-state index in [-0.39, 0.29) is 11.6 Å². The van der Waals surface area contributed by atoms with E-state index in [1.54, 1.807) is 39.0 Å². The lowest BCUT2D eigenvalue weighted by atomic mass is 10.2. The van der Waals surface area contributed by atoms with Gasteiger partial charge in [-0.2, -0.15) is 0 Å². The van der Waals surface area contributed by atoms with Crippen molar-refractivity contribution in [2.45, 2.75) is 26.8 Å².